The summed E-state index contributed by atoms with van der Waals surface area (Å²) in [6, 6.07) is 16.4. The summed E-state index contributed by atoms with van der Waals surface area (Å²) in [6.45, 7) is 2.05. The van der Waals surface area contributed by atoms with E-state index in [0.29, 0.717) is 10.9 Å². The van der Waals surface area contributed by atoms with Gasteiger partial charge in [-0.05, 0) is 30.2 Å². The minimum Gasteiger partial charge on any atom is -0.392 e. The van der Waals surface area contributed by atoms with Crippen LogP contribution in [0.4, 0.5) is 5.69 Å². The zero-order chi connectivity index (χ0) is 13.9. The number of anilines is 1. The molecule has 2 aromatic rings. The van der Waals surface area contributed by atoms with Crippen LogP contribution in [0.1, 0.15) is 23.5 Å². The topological polar surface area (TPSA) is 23.5 Å². The Bertz CT molecular complexity index is 585. The van der Waals surface area contributed by atoms with E-state index in [1.54, 1.807) is 0 Å². The summed E-state index contributed by atoms with van der Waals surface area (Å²) in [4.78, 5) is 2.35. The van der Waals surface area contributed by atoms with Crippen molar-refractivity contribution in [2.24, 2.45) is 0 Å². The fraction of sp³-hybridized carbons (Fsp3) is 0.294. The summed E-state index contributed by atoms with van der Waals surface area (Å²) in [5.74, 6) is 0.568. The molecule has 1 aliphatic heterocycles. The number of nitrogens with zero attached hydrogens (tertiary/aromatic N) is 1. The molecular weight excluding hydrogens is 270 g/mol. The molecule has 0 spiro atoms. The van der Waals surface area contributed by atoms with Gasteiger partial charge in [-0.1, -0.05) is 41.9 Å². The molecule has 1 fully saturated rings. The average Bonchev–Trinajstić information content (AvgIpc) is 2.97. The Labute approximate surface area is 124 Å². The lowest BCUT2D eigenvalue weighted by Gasteiger charge is -2.22. The molecule has 1 atom stereocenters. The summed E-state index contributed by atoms with van der Waals surface area (Å²) in [5.41, 5.74) is 3.41. The molecular formula is C17H18ClNO. The molecule has 2 nitrogen and oxygen atoms in total. The lowest BCUT2D eigenvalue weighted by atomic mass is 9.99. The van der Waals surface area contributed by atoms with Crippen molar-refractivity contribution in [1.29, 1.82) is 0 Å². The highest BCUT2D eigenvalue weighted by Gasteiger charge is 2.25. The molecule has 3 heteroatoms. The Morgan fingerprint density at radius 3 is 2.70 bits per heavy atom. The predicted octanol–water partition coefficient (Wildman–Crippen LogP) is 3.83. The quantitative estimate of drug-likeness (QED) is 0.927. The fourth-order valence-corrected chi connectivity index (χ4v) is 3.16. The molecule has 3 rings (SSSR count). The van der Waals surface area contributed by atoms with Crippen LogP contribution in [0.15, 0.2) is 48.5 Å². The zero-order valence-corrected chi connectivity index (χ0v) is 12.1. The second-order valence-corrected chi connectivity index (χ2v) is 5.71. The van der Waals surface area contributed by atoms with Gasteiger partial charge in [-0.25, -0.2) is 0 Å². The highest BCUT2D eigenvalue weighted by Crippen LogP contribution is 2.33. The second kappa shape index (κ2) is 5.86. The van der Waals surface area contributed by atoms with Crippen molar-refractivity contribution in [2.45, 2.75) is 18.9 Å². The number of aliphatic hydroxyl groups excluding tert-OH is 1. The van der Waals surface area contributed by atoms with Crippen molar-refractivity contribution in [1.82, 2.24) is 0 Å². The molecule has 1 N–H and O–H groups in total. The van der Waals surface area contributed by atoms with Gasteiger partial charge in [0, 0.05) is 35.3 Å². The maximum absolute atomic E-state index is 9.50. The monoisotopic (exact) mass is 287 g/mol. The number of hydrogen-bond acceptors (Lipinski definition) is 2. The molecule has 20 heavy (non-hydrogen) atoms. The molecule has 0 radical (unpaired) electrons. The standard InChI is InChI=1S/C17H18ClNO/c18-16-6-7-17(15(10-16)12-20)19-9-8-14(11-19)13-4-2-1-3-5-13/h1-7,10,14,20H,8-9,11-12H2. The Hall–Kier alpha value is -1.51. The normalized spacial score (nSPS) is 18.5. The van der Waals surface area contributed by atoms with Crippen molar-refractivity contribution >= 4 is 17.3 Å². The Morgan fingerprint density at radius 2 is 1.95 bits per heavy atom. The van der Waals surface area contributed by atoms with E-state index in [1.807, 2.05) is 18.2 Å². The van der Waals surface area contributed by atoms with Crippen LogP contribution in [0.5, 0.6) is 0 Å². The van der Waals surface area contributed by atoms with E-state index < -0.39 is 0 Å². The van der Waals surface area contributed by atoms with E-state index in [0.717, 1.165) is 30.8 Å². The smallest absolute Gasteiger partial charge is 0.0702 e. The molecule has 104 valence electrons. The van der Waals surface area contributed by atoms with Gasteiger partial charge in [-0.3, -0.25) is 0 Å². The van der Waals surface area contributed by atoms with Crippen LogP contribution in [0, 0.1) is 0 Å². The Morgan fingerprint density at radius 1 is 1.15 bits per heavy atom. The van der Waals surface area contributed by atoms with E-state index in [4.69, 9.17) is 11.6 Å². The molecule has 0 bridgehead atoms. The van der Waals surface area contributed by atoms with Gasteiger partial charge in [0.2, 0.25) is 0 Å². The van der Waals surface area contributed by atoms with E-state index in [9.17, 15) is 5.11 Å². The minimum atomic E-state index is 0.0302. The van der Waals surface area contributed by atoms with Crippen molar-refractivity contribution < 1.29 is 5.11 Å². The lowest BCUT2D eigenvalue weighted by molar-refractivity contribution is 0.282. The number of rotatable bonds is 3. The van der Waals surface area contributed by atoms with E-state index >= 15 is 0 Å². The second-order valence-electron chi connectivity index (χ2n) is 5.27. The molecule has 0 aliphatic carbocycles. The van der Waals surface area contributed by atoms with Gasteiger partial charge in [0.1, 0.15) is 0 Å². The molecule has 0 aromatic heterocycles. The average molecular weight is 288 g/mol. The summed E-state index contributed by atoms with van der Waals surface area (Å²) in [7, 11) is 0. The molecule has 1 saturated heterocycles. The third kappa shape index (κ3) is 2.67. The van der Waals surface area contributed by atoms with E-state index in [1.165, 1.54) is 5.56 Å². The first-order chi connectivity index (χ1) is 9.78. The molecule has 1 heterocycles. The molecule has 1 aliphatic rings. The third-order valence-corrected chi connectivity index (χ3v) is 4.25. The van der Waals surface area contributed by atoms with Gasteiger partial charge in [-0.15, -0.1) is 0 Å². The minimum absolute atomic E-state index is 0.0302. The number of aliphatic hydroxyl groups is 1. The van der Waals surface area contributed by atoms with Crippen LogP contribution < -0.4 is 4.90 Å². The zero-order valence-electron chi connectivity index (χ0n) is 11.3. The molecule has 1 unspecified atom stereocenters. The first-order valence-corrected chi connectivity index (χ1v) is 7.35. The van der Waals surface area contributed by atoms with Crippen LogP contribution >= 0.6 is 11.6 Å². The predicted molar refractivity (Wildman–Crippen MR) is 83.4 cm³/mol. The summed E-state index contributed by atoms with van der Waals surface area (Å²) < 4.78 is 0. The van der Waals surface area contributed by atoms with Gasteiger partial charge in [0.25, 0.3) is 0 Å². The highest BCUT2D eigenvalue weighted by molar-refractivity contribution is 6.30. The SMILES string of the molecule is OCc1cc(Cl)ccc1N1CCC(c2ccccc2)C1. The highest BCUT2D eigenvalue weighted by atomic mass is 35.5. The number of halogens is 1. The maximum Gasteiger partial charge on any atom is 0.0702 e. The fourth-order valence-electron chi connectivity index (χ4n) is 2.97. The van der Waals surface area contributed by atoms with Crippen LogP contribution in [-0.2, 0) is 6.61 Å². The van der Waals surface area contributed by atoms with Crippen molar-refractivity contribution in [2.75, 3.05) is 18.0 Å². The van der Waals surface area contributed by atoms with Gasteiger partial charge < -0.3 is 10.0 Å². The van der Waals surface area contributed by atoms with Crippen LogP contribution in [0.25, 0.3) is 0 Å². The summed E-state index contributed by atoms with van der Waals surface area (Å²) in [5, 5.41) is 10.2. The first kappa shape index (κ1) is 13.5. The van der Waals surface area contributed by atoms with Crippen molar-refractivity contribution in [3.05, 3.63) is 64.7 Å². The van der Waals surface area contributed by atoms with Crippen molar-refractivity contribution in [3.8, 4) is 0 Å². The largest absolute Gasteiger partial charge is 0.392 e. The Kier molecular flexibility index (Phi) is 3.95. The van der Waals surface area contributed by atoms with Gasteiger partial charge in [0.15, 0.2) is 0 Å². The van der Waals surface area contributed by atoms with Crippen molar-refractivity contribution in [3.63, 3.8) is 0 Å². The van der Waals surface area contributed by atoms with Crippen LogP contribution in [0.3, 0.4) is 0 Å². The van der Waals surface area contributed by atoms with Crippen LogP contribution in [-0.4, -0.2) is 18.2 Å². The lowest BCUT2D eigenvalue weighted by Crippen LogP contribution is -2.20. The van der Waals surface area contributed by atoms with E-state index in [2.05, 4.69) is 35.2 Å². The number of benzene rings is 2. The third-order valence-electron chi connectivity index (χ3n) is 4.01. The number of hydrogen-bond donors (Lipinski definition) is 1. The molecule has 2 aromatic carbocycles. The summed E-state index contributed by atoms with van der Waals surface area (Å²) in [6.07, 6.45) is 1.15. The molecule has 0 amide bonds. The van der Waals surface area contributed by atoms with Gasteiger partial charge in [-0.2, -0.15) is 0 Å². The van der Waals surface area contributed by atoms with Gasteiger partial charge in [0.05, 0.1) is 6.61 Å². The van der Waals surface area contributed by atoms with Gasteiger partial charge >= 0.3 is 0 Å². The maximum atomic E-state index is 9.50. The van der Waals surface area contributed by atoms with Crippen LogP contribution in [0.2, 0.25) is 5.02 Å². The Balaban J connectivity index is 1.81. The molecule has 0 saturated carbocycles. The van der Waals surface area contributed by atoms with E-state index in [-0.39, 0.29) is 6.61 Å². The first-order valence-electron chi connectivity index (χ1n) is 6.97. The summed E-state index contributed by atoms with van der Waals surface area (Å²) >= 11 is 6.00.